The Balaban J connectivity index is 2.06. The number of benzene rings is 2. The third-order valence-corrected chi connectivity index (χ3v) is 3.05. The Morgan fingerprint density at radius 1 is 1.00 bits per heavy atom. The van der Waals surface area contributed by atoms with Crippen LogP contribution < -0.4 is 0 Å². The van der Waals surface area contributed by atoms with Gasteiger partial charge in [0.25, 0.3) is 0 Å². The van der Waals surface area contributed by atoms with Gasteiger partial charge in [-0.05, 0) is 37.5 Å². The molecule has 20 heavy (non-hydrogen) atoms. The van der Waals surface area contributed by atoms with Crippen molar-refractivity contribution in [2.75, 3.05) is 6.61 Å². The van der Waals surface area contributed by atoms with Crippen molar-refractivity contribution in [3.8, 4) is 0 Å². The average molecular weight is 268 g/mol. The first-order valence-electron chi connectivity index (χ1n) is 6.93. The van der Waals surface area contributed by atoms with E-state index in [0.717, 1.165) is 17.5 Å². The fourth-order valence-electron chi connectivity index (χ4n) is 2.01. The van der Waals surface area contributed by atoms with E-state index < -0.39 is 0 Å². The Bertz CT molecular complexity index is 559. The van der Waals surface area contributed by atoms with E-state index >= 15 is 0 Å². The van der Waals surface area contributed by atoms with E-state index in [4.69, 9.17) is 4.74 Å². The second-order valence-corrected chi connectivity index (χ2v) is 5.15. The zero-order valence-electron chi connectivity index (χ0n) is 12.0. The Morgan fingerprint density at radius 3 is 2.40 bits per heavy atom. The van der Waals surface area contributed by atoms with Crippen LogP contribution in [0.5, 0.6) is 0 Å². The number of Topliss-reactive ketones (excluding diaryl/α,β-unsaturated/α-hetero) is 1. The summed E-state index contributed by atoms with van der Waals surface area (Å²) in [5.74, 6) is 0.0358. The molecule has 2 aromatic carbocycles. The van der Waals surface area contributed by atoms with Gasteiger partial charge in [-0.2, -0.15) is 0 Å². The summed E-state index contributed by atoms with van der Waals surface area (Å²) in [6.07, 6.45) is 0.916. The molecule has 0 radical (unpaired) electrons. The van der Waals surface area contributed by atoms with Gasteiger partial charge in [0.05, 0.1) is 6.10 Å². The minimum absolute atomic E-state index is 0.0358. The van der Waals surface area contributed by atoms with E-state index in [9.17, 15) is 4.79 Å². The van der Waals surface area contributed by atoms with Crippen molar-refractivity contribution in [1.29, 1.82) is 0 Å². The van der Waals surface area contributed by atoms with Crippen LogP contribution in [0, 0.1) is 0 Å². The maximum Gasteiger partial charge on any atom is 0.188 e. The van der Waals surface area contributed by atoms with E-state index in [0.29, 0.717) is 0 Å². The first-order chi connectivity index (χ1) is 9.65. The summed E-state index contributed by atoms with van der Waals surface area (Å²) in [6.45, 7) is 4.00. The van der Waals surface area contributed by atoms with E-state index in [-0.39, 0.29) is 18.5 Å². The second kappa shape index (κ2) is 7.01. The first-order valence-corrected chi connectivity index (χ1v) is 6.93. The van der Waals surface area contributed by atoms with Gasteiger partial charge in [-0.25, -0.2) is 0 Å². The summed E-state index contributed by atoms with van der Waals surface area (Å²) in [5, 5.41) is 0. The second-order valence-electron chi connectivity index (χ2n) is 5.15. The standard InChI is InChI=1S/C18H20O2/c1-14(2)20-13-18(19)17-10-6-9-16(12-17)11-15-7-4-3-5-8-15/h3-10,12,14H,11,13H2,1-2H3. The largest absolute Gasteiger partial charge is 0.371 e. The smallest absolute Gasteiger partial charge is 0.188 e. The molecule has 0 saturated heterocycles. The van der Waals surface area contributed by atoms with Gasteiger partial charge in [-0.15, -0.1) is 0 Å². The Labute approximate surface area is 120 Å². The lowest BCUT2D eigenvalue weighted by atomic mass is 10.0. The molecule has 0 bridgehead atoms. The lowest BCUT2D eigenvalue weighted by molar-refractivity contribution is 0.0585. The number of carbonyl (C=O) groups excluding carboxylic acids is 1. The molecule has 0 unspecified atom stereocenters. The highest BCUT2D eigenvalue weighted by molar-refractivity contribution is 5.97. The molecular weight excluding hydrogens is 248 g/mol. The minimum Gasteiger partial charge on any atom is -0.371 e. The van der Waals surface area contributed by atoms with Crippen molar-refractivity contribution >= 4 is 5.78 Å². The summed E-state index contributed by atoms with van der Waals surface area (Å²) < 4.78 is 5.37. The van der Waals surface area contributed by atoms with E-state index in [1.807, 2.05) is 56.3 Å². The molecule has 0 aromatic heterocycles. The fourth-order valence-corrected chi connectivity index (χ4v) is 2.01. The van der Waals surface area contributed by atoms with E-state index in [1.165, 1.54) is 5.56 Å². The molecule has 0 saturated carbocycles. The van der Waals surface area contributed by atoms with Crippen LogP contribution in [0.3, 0.4) is 0 Å². The Kier molecular flexibility index (Phi) is 5.08. The average Bonchev–Trinajstić information content (AvgIpc) is 2.46. The molecule has 0 aliphatic heterocycles. The molecule has 0 atom stereocenters. The van der Waals surface area contributed by atoms with Crippen LogP contribution in [-0.2, 0) is 11.2 Å². The first kappa shape index (κ1) is 14.5. The summed E-state index contributed by atoms with van der Waals surface area (Å²) in [6, 6.07) is 18.0. The number of ether oxygens (including phenoxy) is 1. The molecular formula is C18H20O2. The molecule has 0 heterocycles. The third kappa shape index (κ3) is 4.32. The molecule has 2 aromatic rings. The highest BCUT2D eigenvalue weighted by atomic mass is 16.5. The maximum atomic E-state index is 12.0. The minimum atomic E-state index is 0.0358. The van der Waals surface area contributed by atoms with Crippen LogP contribution in [0.15, 0.2) is 54.6 Å². The summed E-state index contributed by atoms with van der Waals surface area (Å²) >= 11 is 0. The highest BCUT2D eigenvalue weighted by Crippen LogP contribution is 2.12. The van der Waals surface area contributed by atoms with Crippen molar-refractivity contribution in [2.45, 2.75) is 26.4 Å². The van der Waals surface area contributed by atoms with Crippen molar-refractivity contribution in [1.82, 2.24) is 0 Å². The monoisotopic (exact) mass is 268 g/mol. The van der Waals surface area contributed by atoms with Crippen LogP contribution in [0.1, 0.15) is 35.3 Å². The van der Waals surface area contributed by atoms with E-state index in [2.05, 4.69) is 12.1 Å². The molecule has 0 aliphatic rings. The zero-order valence-corrected chi connectivity index (χ0v) is 12.0. The maximum absolute atomic E-state index is 12.0. The highest BCUT2D eigenvalue weighted by Gasteiger charge is 2.08. The molecule has 0 N–H and O–H groups in total. The predicted molar refractivity (Wildman–Crippen MR) is 81.1 cm³/mol. The Hall–Kier alpha value is -1.93. The van der Waals surface area contributed by atoms with Gasteiger partial charge in [0.15, 0.2) is 5.78 Å². The molecule has 0 aliphatic carbocycles. The Morgan fingerprint density at radius 2 is 1.70 bits per heavy atom. The lowest BCUT2D eigenvalue weighted by Crippen LogP contribution is -2.13. The predicted octanol–water partition coefficient (Wildman–Crippen LogP) is 3.89. The van der Waals surface area contributed by atoms with E-state index in [1.54, 1.807) is 0 Å². The van der Waals surface area contributed by atoms with Gasteiger partial charge in [0.2, 0.25) is 0 Å². The fraction of sp³-hybridized carbons (Fsp3) is 0.278. The summed E-state index contributed by atoms with van der Waals surface area (Å²) in [7, 11) is 0. The molecule has 2 nitrogen and oxygen atoms in total. The van der Waals surface area contributed by atoms with Gasteiger partial charge in [0.1, 0.15) is 6.61 Å². The molecule has 0 amide bonds. The number of carbonyl (C=O) groups is 1. The SMILES string of the molecule is CC(C)OCC(=O)c1cccc(Cc2ccccc2)c1. The van der Waals surface area contributed by atoms with Crippen molar-refractivity contribution in [3.05, 3.63) is 71.3 Å². The molecule has 104 valence electrons. The summed E-state index contributed by atoms with van der Waals surface area (Å²) in [4.78, 5) is 12.0. The van der Waals surface area contributed by atoms with Gasteiger partial charge in [0, 0.05) is 5.56 Å². The van der Waals surface area contributed by atoms with Crippen LogP contribution in [-0.4, -0.2) is 18.5 Å². The lowest BCUT2D eigenvalue weighted by Gasteiger charge is -2.08. The number of hydrogen-bond acceptors (Lipinski definition) is 2. The number of hydrogen-bond donors (Lipinski definition) is 0. The van der Waals surface area contributed by atoms with Gasteiger partial charge >= 0.3 is 0 Å². The molecule has 0 fully saturated rings. The van der Waals surface area contributed by atoms with Crippen molar-refractivity contribution in [3.63, 3.8) is 0 Å². The quantitative estimate of drug-likeness (QED) is 0.743. The third-order valence-electron chi connectivity index (χ3n) is 3.05. The molecule has 2 rings (SSSR count). The van der Waals surface area contributed by atoms with Crippen molar-refractivity contribution < 1.29 is 9.53 Å². The number of ketones is 1. The number of rotatable bonds is 6. The summed E-state index contributed by atoms with van der Waals surface area (Å²) in [5.41, 5.74) is 3.11. The van der Waals surface area contributed by atoms with Crippen LogP contribution in [0.25, 0.3) is 0 Å². The van der Waals surface area contributed by atoms with Crippen molar-refractivity contribution in [2.24, 2.45) is 0 Å². The zero-order chi connectivity index (χ0) is 14.4. The topological polar surface area (TPSA) is 26.3 Å². The molecule has 2 heteroatoms. The van der Waals surface area contributed by atoms with Crippen LogP contribution in [0.2, 0.25) is 0 Å². The van der Waals surface area contributed by atoms with Crippen LogP contribution in [0.4, 0.5) is 0 Å². The van der Waals surface area contributed by atoms with Gasteiger partial charge in [-0.3, -0.25) is 4.79 Å². The normalized spacial score (nSPS) is 10.8. The molecule has 0 spiro atoms. The van der Waals surface area contributed by atoms with Gasteiger partial charge < -0.3 is 4.74 Å². The van der Waals surface area contributed by atoms with Crippen LogP contribution >= 0.6 is 0 Å². The van der Waals surface area contributed by atoms with Gasteiger partial charge in [-0.1, -0.05) is 48.5 Å².